The molecular weight excluding hydrogens is 462 g/mol. The summed E-state index contributed by atoms with van der Waals surface area (Å²) in [6.07, 6.45) is 0. The number of aryl methyl sites for hydroxylation is 1. The van der Waals surface area contributed by atoms with Gasteiger partial charge in [-0.05, 0) is 37.3 Å². The lowest BCUT2D eigenvalue weighted by Gasteiger charge is -2.13. The lowest BCUT2D eigenvalue weighted by atomic mass is 10.1. The molecule has 0 aliphatic rings. The van der Waals surface area contributed by atoms with E-state index in [9.17, 15) is 9.90 Å². The second-order valence-corrected chi connectivity index (χ2v) is 8.61. The number of aromatic hydroxyl groups is 1. The molecule has 0 spiro atoms. The van der Waals surface area contributed by atoms with Crippen molar-refractivity contribution in [2.24, 2.45) is 0 Å². The predicted octanol–water partition coefficient (Wildman–Crippen LogP) is 4.34. The fourth-order valence-corrected chi connectivity index (χ4v) is 4.06. The number of hydrogen-bond acceptors (Lipinski definition) is 7. The monoisotopic (exact) mass is 487 g/mol. The van der Waals surface area contributed by atoms with Crippen LogP contribution in [0.15, 0.2) is 84.5 Å². The zero-order chi connectivity index (χ0) is 24.8. The quantitative estimate of drug-likeness (QED) is 0.238. The molecule has 178 valence electrons. The minimum Gasteiger partial charge on any atom is -0.504 e. The molecule has 4 rings (SSSR count). The first-order valence-electron chi connectivity index (χ1n) is 10.8. The van der Waals surface area contributed by atoms with Crippen LogP contribution >= 0.6 is 11.8 Å². The summed E-state index contributed by atoms with van der Waals surface area (Å²) in [5.74, 6) is 0.888. The van der Waals surface area contributed by atoms with Crippen molar-refractivity contribution >= 4 is 23.4 Å². The van der Waals surface area contributed by atoms with Crippen molar-refractivity contribution in [2.45, 2.75) is 12.1 Å². The number of carbonyl (C=O) groups excluding carboxylic acids is 1. The standard InChI is InChI=1S/C26H25N5O3S/c1-17-9-12-21(13-10-17)31-25(19-7-5-4-6-8-19)29-30-26(31)35-16-24(33)28-27-18(2)20-11-14-22(32)23(15-20)34-3/h4-15,27,32H,2,16H2,1,3H3,(H,28,33). The summed E-state index contributed by atoms with van der Waals surface area (Å²) in [7, 11) is 1.46. The van der Waals surface area contributed by atoms with Crippen LogP contribution in [-0.4, -0.2) is 38.6 Å². The number of nitrogens with zero attached hydrogens (tertiary/aromatic N) is 3. The third-order valence-electron chi connectivity index (χ3n) is 5.17. The molecule has 1 amide bonds. The van der Waals surface area contributed by atoms with E-state index in [0.717, 1.165) is 16.8 Å². The molecule has 0 fully saturated rings. The van der Waals surface area contributed by atoms with E-state index in [1.807, 2.05) is 66.1 Å². The largest absolute Gasteiger partial charge is 0.504 e. The molecule has 8 nitrogen and oxygen atoms in total. The SMILES string of the molecule is C=C(NNC(=O)CSc1nnc(-c2ccccc2)n1-c1ccc(C)cc1)c1ccc(O)c(OC)c1. The van der Waals surface area contributed by atoms with Crippen molar-refractivity contribution in [3.8, 4) is 28.6 Å². The number of phenolic OH excluding ortho intramolecular Hbond substituents is 1. The zero-order valence-electron chi connectivity index (χ0n) is 19.4. The predicted molar refractivity (Wildman–Crippen MR) is 137 cm³/mol. The Morgan fingerprint density at radius 2 is 1.80 bits per heavy atom. The third kappa shape index (κ3) is 5.64. The number of methoxy groups -OCH3 is 1. The van der Waals surface area contributed by atoms with Crippen LogP contribution in [0.3, 0.4) is 0 Å². The fourth-order valence-electron chi connectivity index (χ4n) is 3.31. The minimum absolute atomic E-state index is 0.0250. The van der Waals surface area contributed by atoms with Crippen molar-refractivity contribution in [1.29, 1.82) is 0 Å². The lowest BCUT2D eigenvalue weighted by molar-refractivity contribution is -0.119. The van der Waals surface area contributed by atoms with Gasteiger partial charge in [0.15, 0.2) is 22.5 Å². The Labute approximate surface area is 207 Å². The van der Waals surface area contributed by atoms with Crippen LogP contribution in [0.25, 0.3) is 22.8 Å². The van der Waals surface area contributed by atoms with Gasteiger partial charge in [0.1, 0.15) is 0 Å². The highest BCUT2D eigenvalue weighted by Crippen LogP contribution is 2.29. The van der Waals surface area contributed by atoms with Crippen molar-refractivity contribution in [2.75, 3.05) is 12.9 Å². The van der Waals surface area contributed by atoms with Crippen LogP contribution in [-0.2, 0) is 4.79 Å². The highest BCUT2D eigenvalue weighted by molar-refractivity contribution is 7.99. The molecule has 0 saturated heterocycles. The molecule has 9 heteroatoms. The van der Waals surface area contributed by atoms with Gasteiger partial charge in [-0.25, -0.2) is 0 Å². The Morgan fingerprint density at radius 3 is 2.51 bits per heavy atom. The van der Waals surface area contributed by atoms with Gasteiger partial charge in [0.2, 0.25) is 5.91 Å². The van der Waals surface area contributed by atoms with Crippen LogP contribution < -0.4 is 15.6 Å². The number of carbonyl (C=O) groups is 1. The van der Waals surface area contributed by atoms with E-state index in [2.05, 4.69) is 27.6 Å². The van der Waals surface area contributed by atoms with Gasteiger partial charge >= 0.3 is 0 Å². The van der Waals surface area contributed by atoms with E-state index in [-0.39, 0.29) is 17.4 Å². The normalized spacial score (nSPS) is 10.6. The zero-order valence-corrected chi connectivity index (χ0v) is 20.2. The maximum Gasteiger partial charge on any atom is 0.248 e. The van der Waals surface area contributed by atoms with E-state index < -0.39 is 0 Å². The molecule has 3 N–H and O–H groups in total. The first-order chi connectivity index (χ1) is 17.0. The summed E-state index contributed by atoms with van der Waals surface area (Å²) < 4.78 is 7.06. The van der Waals surface area contributed by atoms with Crippen LogP contribution in [0.1, 0.15) is 11.1 Å². The van der Waals surface area contributed by atoms with Gasteiger partial charge in [0, 0.05) is 16.8 Å². The summed E-state index contributed by atoms with van der Waals surface area (Å²) in [5, 5.41) is 19.1. The maximum atomic E-state index is 12.5. The van der Waals surface area contributed by atoms with Gasteiger partial charge in [-0.15, -0.1) is 10.2 Å². The van der Waals surface area contributed by atoms with Crippen molar-refractivity contribution in [3.63, 3.8) is 0 Å². The minimum atomic E-state index is -0.262. The molecule has 0 radical (unpaired) electrons. The number of hydrogen-bond donors (Lipinski definition) is 3. The van der Waals surface area contributed by atoms with E-state index >= 15 is 0 Å². The molecule has 1 heterocycles. The molecule has 0 atom stereocenters. The third-order valence-corrected chi connectivity index (χ3v) is 6.10. The van der Waals surface area contributed by atoms with Gasteiger partial charge in [-0.1, -0.05) is 66.4 Å². The second-order valence-electron chi connectivity index (χ2n) is 7.67. The van der Waals surface area contributed by atoms with Crippen LogP contribution in [0.2, 0.25) is 0 Å². The Morgan fingerprint density at radius 1 is 1.06 bits per heavy atom. The highest BCUT2D eigenvalue weighted by atomic mass is 32.2. The molecule has 0 aliphatic carbocycles. The summed E-state index contributed by atoms with van der Waals surface area (Å²) in [6.45, 7) is 5.95. The molecule has 0 unspecified atom stereocenters. The highest BCUT2D eigenvalue weighted by Gasteiger charge is 2.17. The molecule has 0 aliphatic heterocycles. The van der Waals surface area contributed by atoms with Gasteiger partial charge in [-0.2, -0.15) is 0 Å². The molecule has 1 aromatic heterocycles. The van der Waals surface area contributed by atoms with Crippen LogP contribution in [0.4, 0.5) is 0 Å². The Balaban J connectivity index is 1.45. The number of aromatic nitrogens is 3. The number of amides is 1. The first kappa shape index (κ1) is 23.9. The lowest BCUT2D eigenvalue weighted by Crippen LogP contribution is -2.37. The van der Waals surface area contributed by atoms with Crippen molar-refractivity contribution in [3.05, 3.63) is 90.5 Å². The average molecular weight is 488 g/mol. The van der Waals surface area contributed by atoms with Crippen LogP contribution in [0, 0.1) is 6.92 Å². The van der Waals surface area contributed by atoms with E-state index in [1.165, 1.54) is 24.9 Å². The number of ether oxygens (including phenoxy) is 1. The van der Waals surface area contributed by atoms with Gasteiger partial charge in [0.05, 0.1) is 18.6 Å². The number of phenols is 1. The number of hydrazine groups is 1. The number of benzene rings is 3. The van der Waals surface area contributed by atoms with Gasteiger partial charge in [-0.3, -0.25) is 20.2 Å². The molecule has 3 aromatic carbocycles. The Hall–Kier alpha value is -4.24. The average Bonchev–Trinajstić information content (AvgIpc) is 3.31. The molecule has 4 aromatic rings. The van der Waals surface area contributed by atoms with Gasteiger partial charge in [0.25, 0.3) is 0 Å². The number of thioether (sulfide) groups is 1. The summed E-state index contributed by atoms with van der Waals surface area (Å²) in [4.78, 5) is 12.5. The van der Waals surface area contributed by atoms with E-state index in [1.54, 1.807) is 12.1 Å². The van der Waals surface area contributed by atoms with Crippen LogP contribution in [0.5, 0.6) is 11.5 Å². The van der Waals surface area contributed by atoms with E-state index in [4.69, 9.17) is 4.74 Å². The Bertz CT molecular complexity index is 1340. The number of rotatable bonds is 9. The first-order valence-corrected chi connectivity index (χ1v) is 11.8. The van der Waals surface area contributed by atoms with Crippen molar-refractivity contribution < 1.29 is 14.6 Å². The number of nitrogens with one attached hydrogen (secondary N) is 2. The Kier molecular flexibility index (Phi) is 7.37. The summed E-state index contributed by atoms with van der Waals surface area (Å²) >= 11 is 1.28. The summed E-state index contributed by atoms with van der Waals surface area (Å²) in [5.41, 5.74) is 9.55. The smallest absolute Gasteiger partial charge is 0.248 e. The summed E-state index contributed by atoms with van der Waals surface area (Å²) in [6, 6.07) is 22.7. The fraction of sp³-hybridized carbons (Fsp3) is 0.115. The van der Waals surface area contributed by atoms with Crippen molar-refractivity contribution in [1.82, 2.24) is 25.6 Å². The maximum absolute atomic E-state index is 12.5. The topological polar surface area (TPSA) is 101 Å². The second kappa shape index (κ2) is 10.8. The molecule has 0 saturated carbocycles. The van der Waals surface area contributed by atoms with E-state index in [0.29, 0.717) is 28.0 Å². The molecule has 0 bridgehead atoms. The molecular formula is C26H25N5O3S. The molecule has 35 heavy (non-hydrogen) atoms. The van der Waals surface area contributed by atoms with Gasteiger partial charge < -0.3 is 9.84 Å².